The van der Waals surface area contributed by atoms with Gasteiger partial charge in [0.05, 0.1) is 11.4 Å². The Balaban J connectivity index is 2.21. The molecule has 8 heteroatoms. The van der Waals surface area contributed by atoms with Crippen molar-refractivity contribution < 1.29 is 14.3 Å². The number of nitrogens with one attached hydrogen (secondary N) is 2. The van der Waals surface area contributed by atoms with Gasteiger partial charge in [-0.05, 0) is 89.1 Å². The fraction of sp³-hybridized carbons (Fsp3) is 0.300. The van der Waals surface area contributed by atoms with Crippen LogP contribution >= 0.6 is 38.5 Å². The Kier molecular flexibility index (Phi) is 7.70. The molecular weight excluding hydrogens is 537 g/mol. The van der Waals surface area contributed by atoms with Crippen LogP contribution in [-0.4, -0.2) is 23.6 Å². The van der Waals surface area contributed by atoms with Gasteiger partial charge in [0.15, 0.2) is 6.10 Å². The highest BCUT2D eigenvalue weighted by molar-refractivity contribution is 14.1. The van der Waals surface area contributed by atoms with Gasteiger partial charge < -0.3 is 21.1 Å². The monoisotopic (exact) mass is 559 g/mol. The second-order valence-electron chi connectivity index (χ2n) is 7.30. The van der Waals surface area contributed by atoms with Crippen LogP contribution in [0, 0.1) is 3.57 Å². The molecule has 4 N–H and O–H groups in total. The van der Waals surface area contributed by atoms with Crippen LogP contribution in [0.25, 0.3) is 0 Å². The minimum absolute atomic E-state index is 0.228. The van der Waals surface area contributed by atoms with E-state index in [1.807, 2.05) is 39.0 Å². The Morgan fingerprint density at radius 2 is 1.89 bits per heavy atom. The first-order valence-electron chi connectivity index (χ1n) is 8.63. The summed E-state index contributed by atoms with van der Waals surface area (Å²) in [5.74, 6) is -0.448. The summed E-state index contributed by atoms with van der Waals surface area (Å²) in [6.07, 6.45) is -1.45. The quantitative estimate of drug-likeness (QED) is 0.365. The van der Waals surface area contributed by atoms with Crippen LogP contribution in [0.3, 0.4) is 0 Å². The molecule has 0 spiro atoms. The zero-order valence-corrected chi connectivity index (χ0v) is 19.6. The number of benzene rings is 2. The zero-order chi connectivity index (χ0) is 20.9. The molecule has 0 unspecified atom stereocenters. The Labute approximate surface area is 186 Å². The van der Waals surface area contributed by atoms with Gasteiger partial charge in [0, 0.05) is 20.0 Å². The van der Waals surface area contributed by atoms with Gasteiger partial charge in [-0.15, -0.1) is 0 Å². The van der Waals surface area contributed by atoms with Crippen molar-refractivity contribution in [2.75, 3.05) is 11.1 Å². The summed E-state index contributed by atoms with van der Waals surface area (Å²) in [5, 5.41) is 5.45. The lowest BCUT2D eigenvalue weighted by Gasteiger charge is -2.23. The summed E-state index contributed by atoms with van der Waals surface area (Å²) >= 11 is 5.69. The number of amides is 2. The molecule has 2 aromatic rings. The second-order valence-corrected chi connectivity index (χ2v) is 9.31. The molecule has 28 heavy (non-hydrogen) atoms. The zero-order valence-electron chi connectivity index (χ0n) is 15.9. The first-order chi connectivity index (χ1) is 13.0. The normalized spacial score (nSPS) is 12.2. The minimum Gasteiger partial charge on any atom is -0.436 e. The second kappa shape index (κ2) is 9.60. The van der Waals surface area contributed by atoms with Gasteiger partial charge >= 0.3 is 6.09 Å². The van der Waals surface area contributed by atoms with E-state index < -0.39 is 23.6 Å². The first kappa shape index (κ1) is 22.5. The molecule has 2 rings (SSSR count). The molecule has 0 aromatic heterocycles. The van der Waals surface area contributed by atoms with Crippen molar-refractivity contribution in [3.8, 4) is 0 Å². The maximum absolute atomic E-state index is 12.8. The minimum atomic E-state index is -1.02. The van der Waals surface area contributed by atoms with Gasteiger partial charge in [-0.1, -0.05) is 18.2 Å². The van der Waals surface area contributed by atoms with Crippen molar-refractivity contribution in [1.29, 1.82) is 0 Å². The Morgan fingerprint density at radius 3 is 2.50 bits per heavy atom. The molecule has 6 nitrogen and oxygen atoms in total. The third kappa shape index (κ3) is 6.97. The lowest BCUT2D eigenvalue weighted by atomic mass is 10.1. The molecule has 2 amide bonds. The van der Waals surface area contributed by atoms with Crippen molar-refractivity contribution >= 4 is 61.9 Å². The SMILES string of the molecule is CC(C)(C)NC(=O)O[C@@H](Cc1ccc(I)c(Br)c1)C(=O)Nc1ccccc1N. The maximum atomic E-state index is 12.8. The molecule has 0 fully saturated rings. The summed E-state index contributed by atoms with van der Waals surface area (Å²) in [4.78, 5) is 25.1. The van der Waals surface area contributed by atoms with E-state index in [0.717, 1.165) is 13.6 Å². The van der Waals surface area contributed by atoms with Crippen molar-refractivity contribution in [2.24, 2.45) is 0 Å². The molecule has 0 saturated heterocycles. The summed E-state index contributed by atoms with van der Waals surface area (Å²) < 4.78 is 7.41. The highest BCUT2D eigenvalue weighted by Crippen LogP contribution is 2.22. The average molecular weight is 560 g/mol. The van der Waals surface area contributed by atoms with Crippen molar-refractivity contribution in [1.82, 2.24) is 5.32 Å². The number of halogens is 2. The van der Waals surface area contributed by atoms with E-state index in [4.69, 9.17) is 10.5 Å². The molecule has 0 radical (unpaired) electrons. The van der Waals surface area contributed by atoms with E-state index in [0.29, 0.717) is 11.4 Å². The summed E-state index contributed by atoms with van der Waals surface area (Å²) in [7, 11) is 0. The highest BCUT2D eigenvalue weighted by atomic mass is 127. The number of hydrogen-bond donors (Lipinski definition) is 3. The van der Waals surface area contributed by atoms with Gasteiger partial charge in [-0.2, -0.15) is 0 Å². The van der Waals surface area contributed by atoms with E-state index in [2.05, 4.69) is 49.2 Å². The number of nitrogen functional groups attached to an aromatic ring is 1. The predicted octanol–water partition coefficient (Wildman–Crippen LogP) is 4.71. The standard InChI is InChI=1S/C20H23BrIN3O3/c1-20(2,3)25-19(27)28-17(11-12-8-9-14(22)13(21)10-12)18(26)24-16-7-5-4-6-15(16)23/h4-10,17H,11,23H2,1-3H3,(H,24,26)(H,25,27)/t17-/m0/s1. The molecule has 0 aliphatic carbocycles. The lowest BCUT2D eigenvalue weighted by molar-refractivity contribution is -0.124. The molecule has 2 aromatic carbocycles. The fourth-order valence-corrected chi connectivity index (χ4v) is 3.12. The molecular formula is C20H23BrIN3O3. The molecule has 0 bridgehead atoms. The predicted molar refractivity (Wildman–Crippen MR) is 123 cm³/mol. The van der Waals surface area contributed by atoms with Crippen LogP contribution in [0.1, 0.15) is 26.3 Å². The third-order valence-electron chi connectivity index (χ3n) is 3.64. The summed E-state index contributed by atoms with van der Waals surface area (Å²) in [6, 6.07) is 12.7. The number of anilines is 2. The smallest absolute Gasteiger partial charge is 0.408 e. The number of ether oxygens (including phenoxy) is 1. The average Bonchev–Trinajstić information content (AvgIpc) is 2.58. The molecule has 0 heterocycles. The van der Waals surface area contributed by atoms with Gasteiger partial charge in [0.2, 0.25) is 0 Å². The molecule has 0 aliphatic rings. The highest BCUT2D eigenvalue weighted by Gasteiger charge is 2.26. The van der Waals surface area contributed by atoms with Crippen LogP contribution in [0.4, 0.5) is 16.2 Å². The van der Waals surface area contributed by atoms with Crippen LogP contribution in [-0.2, 0) is 16.0 Å². The molecule has 1 atom stereocenters. The largest absolute Gasteiger partial charge is 0.436 e. The summed E-state index contributed by atoms with van der Waals surface area (Å²) in [6.45, 7) is 5.51. The Hall–Kier alpha value is -1.81. The van der Waals surface area contributed by atoms with Crippen molar-refractivity contribution in [3.05, 3.63) is 56.1 Å². The number of alkyl carbamates (subject to hydrolysis) is 1. The third-order valence-corrected chi connectivity index (χ3v) is 5.98. The van der Waals surface area contributed by atoms with E-state index in [1.54, 1.807) is 24.3 Å². The molecule has 0 saturated carbocycles. The fourth-order valence-electron chi connectivity index (χ4n) is 2.36. The number of rotatable bonds is 5. The lowest BCUT2D eigenvalue weighted by Crippen LogP contribution is -2.44. The number of para-hydroxylation sites is 2. The Bertz CT molecular complexity index is 868. The van der Waals surface area contributed by atoms with E-state index in [-0.39, 0.29) is 6.42 Å². The van der Waals surface area contributed by atoms with Crippen molar-refractivity contribution in [3.63, 3.8) is 0 Å². The van der Waals surface area contributed by atoms with E-state index in [9.17, 15) is 9.59 Å². The van der Waals surface area contributed by atoms with E-state index in [1.165, 1.54) is 0 Å². The van der Waals surface area contributed by atoms with Crippen molar-refractivity contribution in [2.45, 2.75) is 38.8 Å². The van der Waals surface area contributed by atoms with Crippen LogP contribution in [0.15, 0.2) is 46.9 Å². The van der Waals surface area contributed by atoms with Crippen LogP contribution in [0.2, 0.25) is 0 Å². The molecule has 150 valence electrons. The van der Waals surface area contributed by atoms with Crippen LogP contribution in [0.5, 0.6) is 0 Å². The number of carbonyl (C=O) groups is 2. The maximum Gasteiger partial charge on any atom is 0.408 e. The van der Waals surface area contributed by atoms with Gasteiger partial charge in [0.1, 0.15) is 0 Å². The topological polar surface area (TPSA) is 93.4 Å². The Morgan fingerprint density at radius 1 is 1.21 bits per heavy atom. The number of carbonyl (C=O) groups excluding carboxylic acids is 2. The van der Waals surface area contributed by atoms with E-state index >= 15 is 0 Å². The number of nitrogens with two attached hydrogens (primary N) is 1. The van der Waals surface area contributed by atoms with Gasteiger partial charge in [-0.3, -0.25) is 4.79 Å². The number of hydrogen-bond acceptors (Lipinski definition) is 4. The van der Waals surface area contributed by atoms with Gasteiger partial charge in [-0.25, -0.2) is 4.79 Å². The summed E-state index contributed by atoms with van der Waals surface area (Å²) in [5.41, 5.74) is 7.19. The molecule has 0 aliphatic heterocycles. The van der Waals surface area contributed by atoms with Gasteiger partial charge in [0.25, 0.3) is 5.91 Å². The first-order valence-corrected chi connectivity index (χ1v) is 10.5. The van der Waals surface area contributed by atoms with Crippen LogP contribution < -0.4 is 16.4 Å².